The van der Waals surface area contributed by atoms with Crippen LogP contribution in [0.5, 0.6) is 0 Å². The first-order valence-electron chi connectivity index (χ1n) is 8.35. The molecule has 1 aliphatic heterocycles. The van der Waals surface area contributed by atoms with Gasteiger partial charge in [0.2, 0.25) is 5.95 Å². The van der Waals surface area contributed by atoms with Crippen molar-refractivity contribution < 1.29 is 4.79 Å². The molecule has 1 fully saturated rings. The Morgan fingerprint density at radius 1 is 1.19 bits per heavy atom. The Hall–Kier alpha value is -2.87. The van der Waals surface area contributed by atoms with Crippen molar-refractivity contribution in [1.82, 2.24) is 30.2 Å². The van der Waals surface area contributed by atoms with E-state index in [1.165, 1.54) is 0 Å². The molecule has 8 nitrogen and oxygen atoms in total. The van der Waals surface area contributed by atoms with Crippen LogP contribution < -0.4 is 10.2 Å². The van der Waals surface area contributed by atoms with Gasteiger partial charge in [-0.05, 0) is 12.1 Å². The van der Waals surface area contributed by atoms with E-state index < -0.39 is 0 Å². The number of hydrogen-bond acceptors (Lipinski definition) is 5. The third-order valence-electron chi connectivity index (χ3n) is 4.41. The molecule has 2 N–H and O–H groups in total. The highest BCUT2D eigenvalue weighted by atomic mass is 35.5. The normalized spacial score (nSPS) is 14.7. The van der Waals surface area contributed by atoms with Gasteiger partial charge in [-0.15, -0.1) is 0 Å². The number of carbonyl (C=O) groups is 1. The van der Waals surface area contributed by atoms with Gasteiger partial charge in [0.15, 0.2) is 5.82 Å². The Labute approximate surface area is 155 Å². The molecule has 2 aromatic heterocycles. The zero-order chi connectivity index (χ0) is 18.1. The molecule has 0 aliphatic carbocycles. The van der Waals surface area contributed by atoms with Gasteiger partial charge in [-0.1, -0.05) is 23.7 Å². The molecule has 1 saturated heterocycles. The number of urea groups is 1. The second-order valence-corrected chi connectivity index (χ2v) is 6.41. The predicted molar refractivity (Wildman–Crippen MR) is 100 cm³/mol. The molecular formula is C17H18ClN7O. The quantitative estimate of drug-likeness (QED) is 0.720. The summed E-state index contributed by atoms with van der Waals surface area (Å²) in [5.41, 5.74) is 2.36. The van der Waals surface area contributed by atoms with Crippen molar-refractivity contribution in [3.8, 4) is 11.5 Å². The van der Waals surface area contributed by atoms with Gasteiger partial charge in [0, 0.05) is 33.2 Å². The number of benzene rings is 1. The number of para-hydroxylation sites is 2. The number of amides is 2. The molecule has 0 bridgehead atoms. The number of imidazole rings is 1. The number of piperazine rings is 1. The number of carbonyl (C=O) groups excluding carboxylic acids is 1. The molecule has 0 radical (unpaired) electrons. The fourth-order valence-corrected chi connectivity index (χ4v) is 3.19. The fraction of sp³-hybridized carbons (Fsp3) is 0.294. The minimum Gasteiger partial charge on any atom is -0.341 e. The van der Waals surface area contributed by atoms with E-state index >= 15 is 0 Å². The van der Waals surface area contributed by atoms with Gasteiger partial charge in [0.25, 0.3) is 0 Å². The van der Waals surface area contributed by atoms with E-state index in [-0.39, 0.29) is 6.03 Å². The summed E-state index contributed by atoms with van der Waals surface area (Å²) in [5, 5.41) is 3.09. The first-order chi connectivity index (χ1) is 12.7. The van der Waals surface area contributed by atoms with Gasteiger partial charge in [0.1, 0.15) is 5.69 Å². The zero-order valence-corrected chi connectivity index (χ0v) is 15.0. The van der Waals surface area contributed by atoms with Crippen LogP contribution in [0.3, 0.4) is 0 Å². The maximum Gasteiger partial charge on any atom is 0.317 e. The third-order valence-corrected chi connectivity index (χ3v) is 4.69. The highest BCUT2D eigenvalue weighted by molar-refractivity contribution is 6.32. The van der Waals surface area contributed by atoms with Crippen LogP contribution in [0.15, 0.2) is 30.5 Å². The molecular weight excluding hydrogens is 354 g/mol. The van der Waals surface area contributed by atoms with E-state index in [4.69, 9.17) is 11.6 Å². The SMILES string of the molecule is CNC(=O)N1CCN(c2ncc(Cl)c(-c3nc4ccccc4[nH]3)n2)CC1. The molecule has 26 heavy (non-hydrogen) atoms. The van der Waals surface area contributed by atoms with Crippen molar-refractivity contribution in [3.05, 3.63) is 35.5 Å². The fourth-order valence-electron chi connectivity index (χ4n) is 3.01. The molecule has 9 heteroatoms. The van der Waals surface area contributed by atoms with E-state index in [1.54, 1.807) is 18.1 Å². The minimum atomic E-state index is -0.0651. The van der Waals surface area contributed by atoms with E-state index in [9.17, 15) is 4.79 Å². The topological polar surface area (TPSA) is 90.0 Å². The van der Waals surface area contributed by atoms with Gasteiger partial charge in [0.05, 0.1) is 22.3 Å². The van der Waals surface area contributed by atoms with E-state index in [2.05, 4.69) is 25.3 Å². The summed E-state index contributed by atoms with van der Waals surface area (Å²) in [7, 11) is 1.64. The summed E-state index contributed by atoms with van der Waals surface area (Å²) in [6.45, 7) is 2.56. The van der Waals surface area contributed by atoms with Crippen molar-refractivity contribution in [2.75, 3.05) is 38.1 Å². The second-order valence-electron chi connectivity index (χ2n) is 6.00. The average Bonchev–Trinajstić information content (AvgIpc) is 3.12. The highest BCUT2D eigenvalue weighted by Gasteiger charge is 2.23. The zero-order valence-electron chi connectivity index (χ0n) is 14.2. The molecule has 1 aliphatic rings. The summed E-state index contributed by atoms with van der Waals surface area (Å²) in [4.78, 5) is 32.3. The Bertz CT molecular complexity index is 916. The number of hydrogen-bond donors (Lipinski definition) is 2. The molecule has 0 atom stereocenters. The number of anilines is 1. The van der Waals surface area contributed by atoms with E-state index in [1.807, 2.05) is 29.2 Å². The number of aromatic nitrogens is 4. The van der Waals surface area contributed by atoms with Crippen LogP contribution in [0.2, 0.25) is 5.02 Å². The first kappa shape index (κ1) is 16.6. The molecule has 0 spiro atoms. The monoisotopic (exact) mass is 371 g/mol. The smallest absolute Gasteiger partial charge is 0.317 e. The van der Waals surface area contributed by atoms with Gasteiger partial charge in [-0.25, -0.2) is 19.7 Å². The van der Waals surface area contributed by atoms with E-state index in [0.29, 0.717) is 48.7 Å². The summed E-state index contributed by atoms with van der Waals surface area (Å²) >= 11 is 6.32. The molecule has 4 rings (SSSR count). The minimum absolute atomic E-state index is 0.0651. The number of fused-ring (bicyclic) bond motifs is 1. The summed E-state index contributed by atoms with van der Waals surface area (Å²) in [5.74, 6) is 1.20. The molecule has 3 aromatic rings. The summed E-state index contributed by atoms with van der Waals surface area (Å²) < 4.78 is 0. The maximum atomic E-state index is 11.7. The van der Waals surface area contributed by atoms with E-state index in [0.717, 1.165) is 11.0 Å². The number of aromatic amines is 1. The molecule has 134 valence electrons. The highest BCUT2D eigenvalue weighted by Crippen LogP contribution is 2.27. The van der Waals surface area contributed by atoms with Gasteiger partial charge in [-0.2, -0.15) is 0 Å². The van der Waals surface area contributed by atoms with Crippen molar-refractivity contribution in [3.63, 3.8) is 0 Å². The lowest BCUT2D eigenvalue weighted by molar-refractivity contribution is 0.196. The van der Waals surface area contributed by atoms with Crippen LogP contribution >= 0.6 is 11.6 Å². The molecule has 3 heterocycles. The summed E-state index contributed by atoms with van der Waals surface area (Å²) in [6, 6.07) is 7.71. The maximum absolute atomic E-state index is 11.7. The standard InChI is InChI=1S/C17H18ClN7O/c1-19-17(26)25-8-6-24(7-9-25)16-20-10-11(18)14(23-16)15-21-12-4-2-3-5-13(12)22-15/h2-5,10H,6-9H2,1H3,(H,19,26)(H,21,22). The Balaban J connectivity index is 1.60. The lowest BCUT2D eigenvalue weighted by atomic mass is 10.3. The lowest BCUT2D eigenvalue weighted by Gasteiger charge is -2.34. The van der Waals surface area contributed by atoms with Crippen LogP contribution in [0.25, 0.3) is 22.6 Å². The van der Waals surface area contributed by atoms with Crippen LogP contribution in [-0.4, -0.2) is 64.1 Å². The third kappa shape index (κ3) is 3.03. The number of rotatable bonds is 2. The Morgan fingerprint density at radius 2 is 1.96 bits per heavy atom. The van der Waals surface area contributed by atoms with Crippen LogP contribution in [-0.2, 0) is 0 Å². The van der Waals surface area contributed by atoms with Crippen molar-refractivity contribution in [2.24, 2.45) is 0 Å². The Kier molecular flexibility index (Phi) is 4.34. The average molecular weight is 372 g/mol. The van der Waals surface area contributed by atoms with Crippen LogP contribution in [0, 0.1) is 0 Å². The van der Waals surface area contributed by atoms with Gasteiger partial charge < -0.3 is 20.1 Å². The van der Waals surface area contributed by atoms with Crippen molar-refractivity contribution in [2.45, 2.75) is 0 Å². The molecule has 1 aromatic carbocycles. The number of nitrogens with zero attached hydrogens (tertiary/aromatic N) is 5. The van der Waals surface area contributed by atoms with Crippen LogP contribution in [0.1, 0.15) is 0 Å². The number of H-pyrrole nitrogens is 1. The van der Waals surface area contributed by atoms with Crippen LogP contribution in [0.4, 0.5) is 10.7 Å². The van der Waals surface area contributed by atoms with Gasteiger partial charge >= 0.3 is 6.03 Å². The predicted octanol–water partition coefficient (Wildman–Crippen LogP) is 2.13. The molecule has 0 unspecified atom stereocenters. The lowest BCUT2D eigenvalue weighted by Crippen LogP contribution is -2.51. The molecule has 2 amide bonds. The second kappa shape index (κ2) is 6.80. The van der Waals surface area contributed by atoms with Crippen molar-refractivity contribution >= 4 is 34.6 Å². The number of halogens is 1. The number of nitrogens with one attached hydrogen (secondary N) is 2. The Morgan fingerprint density at radius 3 is 2.69 bits per heavy atom. The first-order valence-corrected chi connectivity index (χ1v) is 8.73. The summed E-state index contributed by atoms with van der Waals surface area (Å²) in [6.07, 6.45) is 1.59. The van der Waals surface area contributed by atoms with Gasteiger partial charge in [-0.3, -0.25) is 0 Å². The molecule has 0 saturated carbocycles. The van der Waals surface area contributed by atoms with Crippen molar-refractivity contribution in [1.29, 1.82) is 0 Å². The largest absolute Gasteiger partial charge is 0.341 e.